The van der Waals surface area contributed by atoms with E-state index < -0.39 is 17.6 Å². The molecular weight excluding hydrogens is 212 g/mol. The van der Waals surface area contributed by atoms with E-state index in [4.69, 9.17) is 20.9 Å². The van der Waals surface area contributed by atoms with Crippen molar-refractivity contribution < 1.29 is 19.1 Å². The Bertz CT molecular complexity index is 242. The molecule has 0 aromatic carbocycles. The smallest absolute Gasteiger partial charge is 0.243 e. The quantitative estimate of drug-likeness (QED) is 0.608. The van der Waals surface area contributed by atoms with E-state index in [1.165, 1.54) is 0 Å². The fourth-order valence-corrected chi connectivity index (χ4v) is 1.83. The number of primary amides is 2. The van der Waals surface area contributed by atoms with Crippen molar-refractivity contribution in [1.82, 2.24) is 0 Å². The molecule has 0 unspecified atom stereocenters. The molecule has 0 aromatic rings. The summed E-state index contributed by atoms with van der Waals surface area (Å²) in [7, 11) is 0. The average molecular weight is 230 g/mol. The van der Waals surface area contributed by atoms with Crippen molar-refractivity contribution in [3.8, 4) is 0 Å². The topological polar surface area (TPSA) is 105 Å². The lowest BCUT2D eigenvalue weighted by Gasteiger charge is -2.36. The van der Waals surface area contributed by atoms with Gasteiger partial charge in [0.25, 0.3) is 0 Å². The zero-order valence-corrected chi connectivity index (χ0v) is 9.24. The summed E-state index contributed by atoms with van der Waals surface area (Å²) in [5.74, 6) is -1.96. The number of carbonyl (C=O) groups is 2. The summed E-state index contributed by atoms with van der Waals surface area (Å²) in [6, 6.07) is 0. The highest BCUT2D eigenvalue weighted by Crippen LogP contribution is 2.32. The van der Waals surface area contributed by atoms with Gasteiger partial charge in [-0.05, 0) is 12.8 Å². The number of carbonyl (C=O) groups excluding carboxylic acids is 2. The Kier molecular flexibility index (Phi) is 4.70. The van der Waals surface area contributed by atoms with Gasteiger partial charge in [0.15, 0.2) is 5.79 Å². The van der Waals surface area contributed by atoms with Gasteiger partial charge in [-0.1, -0.05) is 6.42 Å². The van der Waals surface area contributed by atoms with Gasteiger partial charge in [0.1, 0.15) is 13.2 Å². The highest BCUT2D eigenvalue weighted by molar-refractivity contribution is 5.75. The third kappa shape index (κ3) is 4.16. The molecule has 0 heterocycles. The van der Waals surface area contributed by atoms with Gasteiger partial charge in [0, 0.05) is 12.8 Å². The van der Waals surface area contributed by atoms with Crippen molar-refractivity contribution >= 4 is 11.8 Å². The summed E-state index contributed by atoms with van der Waals surface area (Å²) in [6.07, 6.45) is 4.30. The molecule has 0 saturated heterocycles. The minimum absolute atomic E-state index is 0.196. The van der Waals surface area contributed by atoms with Crippen molar-refractivity contribution in [2.75, 3.05) is 13.2 Å². The molecule has 4 N–H and O–H groups in total. The van der Waals surface area contributed by atoms with Crippen molar-refractivity contribution in [1.29, 1.82) is 0 Å². The summed E-state index contributed by atoms with van der Waals surface area (Å²) >= 11 is 0. The highest BCUT2D eigenvalue weighted by atomic mass is 16.7. The summed E-state index contributed by atoms with van der Waals surface area (Å²) in [5, 5.41) is 0. The zero-order valence-electron chi connectivity index (χ0n) is 9.24. The molecule has 0 bridgehead atoms. The molecule has 6 nitrogen and oxygen atoms in total. The van der Waals surface area contributed by atoms with Crippen molar-refractivity contribution in [3.05, 3.63) is 0 Å². The summed E-state index contributed by atoms with van der Waals surface area (Å²) in [5.41, 5.74) is 10.0. The number of nitrogens with two attached hydrogens (primary N) is 2. The molecular formula is C10H18N2O4. The van der Waals surface area contributed by atoms with E-state index in [2.05, 4.69) is 0 Å². The van der Waals surface area contributed by atoms with Crippen LogP contribution in [0.2, 0.25) is 0 Å². The van der Waals surface area contributed by atoms with Gasteiger partial charge in [-0.2, -0.15) is 0 Å². The lowest BCUT2D eigenvalue weighted by Crippen LogP contribution is -2.42. The predicted molar refractivity (Wildman–Crippen MR) is 56.1 cm³/mol. The molecule has 1 rings (SSSR count). The van der Waals surface area contributed by atoms with Gasteiger partial charge in [-0.25, -0.2) is 0 Å². The van der Waals surface area contributed by atoms with Gasteiger partial charge < -0.3 is 20.9 Å². The molecule has 92 valence electrons. The fraction of sp³-hybridized carbons (Fsp3) is 0.800. The lowest BCUT2D eigenvalue weighted by atomic mass is 9.94. The minimum Gasteiger partial charge on any atom is -0.368 e. The first-order chi connectivity index (χ1) is 7.54. The Balaban J connectivity index is 2.52. The Hall–Kier alpha value is -1.14. The summed E-state index contributed by atoms with van der Waals surface area (Å²) in [4.78, 5) is 21.3. The van der Waals surface area contributed by atoms with Gasteiger partial charge in [-0.3, -0.25) is 9.59 Å². The molecule has 0 aromatic heterocycles. The number of amides is 2. The van der Waals surface area contributed by atoms with Crippen LogP contribution in [0.3, 0.4) is 0 Å². The predicted octanol–water partition coefficient (Wildman–Crippen LogP) is -0.349. The molecule has 6 heteroatoms. The first-order valence-electron chi connectivity index (χ1n) is 5.39. The van der Waals surface area contributed by atoms with Crippen LogP contribution in [0.25, 0.3) is 0 Å². The minimum atomic E-state index is -0.859. The Morgan fingerprint density at radius 2 is 1.38 bits per heavy atom. The first kappa shape index (κ1) is 12.9. The van der Waals surface area contributed by atoms with Gasteiger partial charge in [0.05, 0.1) is 0 Å². The second kappa shape index (κ2) is 5.81. The molecule has 1 aliphatic carbocycles. The Labute approximate surface area is 94.2 Å². The average Bonchev–Trinajstić information content (AvgIpc) is 2.25. The SMILES string of the molecule is NC(=O)COC1(OCC(N)=O)CCCCC1. The normalized spacial score (nSPS) is 19.2. The van der Waals surface area contributed by atoms with Crippen LogP contribution in [-0.4, -0.2) is 30.8 Å². The Morgan fingerprint density at radius 3 is 1.75 bits per heavy atom. The van der Waals surface area contributed by atoms with Crippen LogP contribution >= 0.6 is 0 Å². The standard InChI is InChI=1S/C10H18N2O4/c11-8(13)6-15-10(16-7-9(12)14)4-2-1-3-5-10/h1-7H2,(H2,11,13)(H2,12,14). The number of hydrogen-bond acceptors (Lipinski definition) is 4. The molecule has 0 spiro atoms. The fourth-order valence-electron chi connectivity index (χ4n) is 1.83. The summed E-state index contributed by atoms with van der Waals surface area (Å²) in [6.45, 7) is -0.391. The molecule has 1 aliphatic rings. The van der Waals surface area contributed by atoms with E-state index in [9.17, 15) is 9.59 Å². The van der Waals surface area contributed by atoms with Crippen molar-refractivity contribution in [3.63, 3.8) is 0 Å². The van der Waals surface area contributed by atoms with Gasteiger partial charge in [-0.15, -0.1) is 0 Å². The second-order valence-electron chi connectivity index (χ2n) is 3.98. The van der Waals surface area contributed by atoms with E-state index in [1.54, 1.807) is 0 Å². The second-order valence-corrected chi connectivity index (χ2v) is 3.98. The molecule has 1 fully saturated rings. The zero-order chi connectivity index (χ0) is 12.0. The number of ether oxygens (including phenoxy) is 2. The lowest BCUT2D eigenvalue weighted by molar-refractivity contribution is -0.247. The van der Waals surface area contributed by atoms with Crippen LogP contribution < -0.4 is 11.5 Å². The largest absolute Gasteiger partial charge is 0.368 e. The molecule has 0 radical (unpaired) electrons. The number of rotatable bonds is 6. The van der Waals surface area contributed by atoms with Crippen LogP contribution in [0.1, 0.15) is 32.1 Å². The van der Waals surface area contributed by atoms with E-state index in [1.807, 2.05) is 0 Å². The molecule has 2 amide bonds. The van der Waals surface area contributed by atoms with Gasteiger partial charge in [0.2, 0.25) is 11.8 Å². The molecule has 0 atom stereocenters. The van der Waals surface area contributed by atoms with E-state index in [-0.39, 0.29) is 13.2 Å². The third-order valence-electron chi connectivity index (χ3n) is 2.57. The molecule has 0 aliphatic heterocycles. The summed E-state index contributed by atoms with van der Waals surface area (Å²) < 4.78 is 10.8. The van der Waals surface area contributed by atoms with Crippen LogP contribution in [0, 0.1) is 0 Å². The maximum atomic E-state index is 10.7. The van der Waals surface area contributed by atoms with E-state index in [0.717, 1.165) is 19.3 Å². The Morgan fingerprint density at radius 1 is 0.938 bits per heavy atom. The maximum Gasteiger partial charge on any atom is 0.243 e. The van der Waals surface area contributed by atoms with E-state index >= 15 is 0 Å². The maximum absolute atomic E-state index is 10.7. The number of hydrogen-bond donors (Lipinski definition) is 2. The third-order valence-corrected chi connectivity index (χ3v) is 2.57. The van der Waals surface area contributed by atoms with E-state index in [0.29, 0.717) is 12.8 Å². The molecule has 1 saturated carbocycles. The van der Waals surface area contributed by atoms with Crippen molar-refractivity contribution in [2.24, 2.45) is 11.5 Å². The molecule has 16 heavy (non-hydrogen) atoms. The van der Waals surface area contributed by atoms with Crippen LogP contribution in [0.15, 0.2) is 0 Å². The van der Waals surface area contributed by atoms with Crippen LogP contribution in [-0.2, 0) is 19.1 Å². The monoisotopic (exact) mass is 230 g/mol. The van der Waals surface area contributed by atoms with Crippen LogP contribution in [0.5, 0.6) is 0 Å². The van der Waals surface area contributed by atoms with Crippen molar-refractivity contribution in [2.45, 2.75) is 37.9 Å². The van der Waals surface area contributed by atoms with Crippen LogP contribution in [0.4, 0.5) is 0 Å². The highest BCUT2D eigenvalue weighted by Gasteiger charge is 2.34. The van der Waals surface area contributed by atoms with Gasteiger partial charge >= 0.3 is 0 Å². The first-order valence-corrected chi connectivity index (χ1v) is 5.39.